The topological polar surface area (TPSA) is 66.5 Å². The third kappa shape index (κ3) is 3.98. The van der Waals surface area contributed by atoms with Crippen LogP contribution in [-0.2, 0) is 14.8 Å². The van der Waals surface area contributed by atoms with Gasteiger partial charge in [0.2, 0.25) is 5.91 Å². The van der Waals surface area contributed by atoms with Crippen molar-refractivity contribution in [2.75, 3.05) is 18.4 Å². The molecule has 0 aliphatic carbocycles. The molecule has 26 heavy (non-hydrogen) atoms. The van der Waals surface area contributed by atoms with E-state index in [2.05, 4.69) is 11.2 Å². The van der Waals surface area contributed by atoms with E-state index in [1.807, 2.05) is 6.92 Å². The maximum Gasteiger partial charge on any atom is 0.252 e. The van der Waals surface area contributed by atoms with Gasteiger partial charge >= 0.3 is 0 Å². The molecule has 0 saturated carbocycles. The molecule has 3 rings (SSSR count). The second-order valence-corrected chi connectivity index (χ2v) is 9.73. The number of nitrogens with one attached hydrogen (secondary N) is 1. The van der Waals surface area contributed by atoms with Gasteiger partial charge in [0.05, 0.1) is 5.92 Å². The van der Waals surface area contributed by atoms with E-state index < -0.39 is 10.0 Å². The summed E-state index contributed by atoms with van der Waals surface area (Å²) in [4.78, 5) is 13.5. The molecule has 1 unspecified atom stereocenters. The molecule has 1 N–H and O–H groups in total. The van der Waals surface area contributed by atoms with Crippen LogP contribution in [0.25, 0.3) is 0 Å². The van der Waals surface area contributed by atoms with Crippen LogP contribution in [0.4, 0.5) is 5.69 Å². The lowest BCUT2D eigenvalue weighted by Crippen LogP contribution is -2.43. The van der Waals surface area contributed by atoms with Crippen molar-refractivity contribution in [2.24, 2.45) is 5.92 Å². The summed E-state index contributed by atoms with van der Waals surface area (Å²) in [6.45, 7) is 2.51. The molecule has 1 aromatic carbocycles. The van der Waals surface area contributed by atoms with E-state index in [9.17, 15) is 13.2 Å². The van der Waals surface area contributed by atoms with Gasteiger partial charge < -0.3 is 5.32 Å². The fraction of sp³-hybridized carbons (Fsp3) is 0.316. The van der Waals surface area contributed by atoms with Crippen LogP contribution in [0, 0.1) is 25.2 Å². The first-order chi connectivity index (χ1) is 12.4. The Morgan fingerprint density at radius 3 is 2.85 bits per heavy atom. The van der Waals surface area contributed by atoms with Crippen molar-refractivity contribution in [3.8, 4) is 12.3 Å². The third-order valence-corrected chi connectivity index (χ3v) is 7.69. The predicted molar refractivity (Wildman–Crippen MR) is 104 cm³/mol. The van der Waals surface area contributed by atoms with E-state index in [4.69, 9.17) is 6.42 Å². The van der Waals surface area contributed by atoms with Gasteiger partial charge in [0.25, 0.3) is 10.0 Å². The first kappa shape index (κ1) is 18.6. The zero-order valence-electron chi connectivity index (χ0n) is 14.4. The van der Waals surface area contributed by atoms with Crippen molar-refractivity contribution in [2.45, 2.75) is 24.0 Å². The summed E-state index contributed by atoms with van der Waals surface area (Å²) in [6.07, 6.45) is 6.70. The Morgan fingerprint density at radius 1 is 1.35 bits per heavy atom. The minimum absolute atomic E-state index is 0.179. The minimum Gasteiger partial charge on any atom is -0.326 e. The molecule has 0 radical (unpaired) electrons. The van der Waals surface area contributed by atoms with Gasteiger partial charge in [0.1, 0.15) is 4.21 Å². The molecule has 7 heteroatoms. The first-order valence-corrected chi connectivity index (χ1v) is 10.6. The molecule has 0 bridgehead atoms. The molecule has 2 aromatic rings. The largest absolute Gasteiger partial charge is 0.326 e. The van der Waals surface area contributed by atoms with E-state index >= 15 is 0 Å². The number of anilines is 1. The Kier molecular flexibility index (Phi) is 5.47. The van der Waals surface area contributed by atoms with Crippen molar-refractivity contribution in [3.05, 3.63) is 46.8 Å². The number of amides is 1. The maximum absolute atomic E-state index is 12.8. The molecule has 1 aliphatic heterocycles. The smallest absolute Gasteiger partial charge is 0.252 e. The number of carbonyl (C=O) groups is 1. The number of sulfonamides is 1. The quantitative estimate of drug-likeness (QED) is 0.819. The minimum atomic E-state index is -3.55. The molecule has 136 valence electrons. The zero-order valence-corrected chi connectivity index (χ0v) is 16.1. The van der Waals surface area contributed by atoms with Crippen molar-refractivity contribution in [1.29, 1.82) is 0 Å². The number of piperidine rings is 1. The molecule has 1 fully saturated rings. The molecule has 1 atom stereocenters. The van der Waals surface area contributed by atoms with Crippen LogP contribution in [-0.4, -0.2) is 31.7 Å². The predicted octanol–water partition coefficient (Wildman–Crippen LogP) is 3.08. The summed E-state index contributed by atoms with van der Waals surface area (Å²) in [5.74, 6) is 1.97. The van der Waals surface area contributed by atoms with Gasteiger partial charge in [-0.05, 0) is 50.1 Å². The SMILES string of the molecule is C#Cc1cccc(NC(=O)C2CCCN(S(=O)(=O)c3ccc(C)s3)C2)c1. The fourth-order valence-corrected chi connectivity index (χ4v) is 5.95. The molecule has 1 aromatic heterocycles. The first-order valence-electron chi connectivity index (χ1n) is 8.34. The van der Waals surface area contributed by atoms with Crippen LogP contribution in [0.5, 0.6) is 0 Å². The van der Waals surface area contributed by atoms with E-state index in [0.29, 0.717) is 34.8 Å². The van der Waals surface area contributed by atoms with Crippen LogP contribution in [0.3, 0.4) is 0 Å². The third-order valence-electron chi connectivity index (χ3n) is 4.36. The number of hydrogen-bond acceptors (Lipinski definition) is 4. The van der Waals surface area contributed by atoms with Gasteiger partial charge in [0.15, 0.2) is 0 Å². The highest BCUT2D eigenvalue weighted by molar-refractivity contribution is 7.91. The Labute approximate surface area is 158 Å². The average molecular weight is 389 g/mol. The van der Waals surface area contributed by atoms with Gasteiger partial charge in [-0.1, -0.05) is 12.0 Å². The molecule has 1 aliphatic rings. The number of rotatable bonds is 4. The second kappa shape index (κ2) is 7.62. The van der Waals surface area contributed by atoms with Crippen LogP contribution < -0.4 is 5.32 Å². The van der Waals surface area contributed by atoms with E-state index in [0.717, 1.165) is 4.88 Å². The summed E-state index contributed by atoms with van der Waals surface area (Å²) in [6, 6.07) is 10.5. The van der Waals surface area contributed by atoms with Gasteiger partial charge in [-0.25, -0.2) is 8.42 Å². The summed E-state index contributed by atoms with van der Waals surface area (Å²) >= 11 is 1.26. The number of nitrogens with zero attached hydrogens (tertiary/aromatic N) is 1. The maximum atomic E-state index is 12.8. The van der Waals surface area contributed by atoms with Gasteiger partial charge in [-0.2, -0.15) is 4.31 Å². The highest BCUT2D eigenvalue weighted by atomic mass is 32.2. The van der Waals surface area contributed by atoms with Crippen LogP contribution in [0.2, 0.25) is 0 Å². The van der Waals surface area contributed by atoms with E-state index in [1.165, 1.54) is 15.6 Å². The fourth-order valence-electron chi connectivity index (χ4n) is 2.98. The number of terminal acetylenes is 1. The number of aryl methyl sites for hydroxylation is 1. The Balaban J connectivity index is 1.71. The molecule has 1 saturated heterocycles. The molecule has 0 spiro atoms. The lowest BCUT2D eigenvalue weighted by atomic mass is 9.98. The highest BCUT2D eigenvalue weighted by Crippen LogP contribution is 2.28. The van der Waals surface area contributed by atoms with E-state index in [1.54, 1.807) is 36.4 Å². The lowest BCUT2D eigenvalue weighted by molar-refractivity contribution is -0.120. The standard InChI is InChI=1S/C19H20N2O3S2/c1-3-15-6-4-8-17(12-15)20-19(22)16-7-5-11-21(13-16)26(23,24)18-10-9-14(2)25-18/h1,4,6,8-10,12,16H,5,7,11,13H2,2H3,(H,20,22). The van der Waals surface area contributed by atoms with E-state index in [-0.39, 0.29) is 18.4 Å². The van der Waals surface area contributed by atoms with Gasteiger partial charge in [-0.15, -0.1) is 17.8 Å². The van der Waals surface area contributed by atoms with Crippen LogP contribution in [0.15, 0.2) is 40.6 Å². The van der Waals surface area contributed by atoms with Gasteiger partial charge in [0, 0.05) is 29.2 Å². The average Bonchev–Trinajstić information content (AvgIpc) is 3.09. The van der Waals surface area contributed by atoms with Crippen molar-refractivity contribution >= 4 is 33.0 Å². The van der Waals surface area contributed by atoms with Gasteiger partial charge in [-0.3, -0.25) is 4.79 Å². The molecule has 5 nitrogen and oxygen atoms in total. The second-order valence-electron chi connectivity index (χ2n) is 6.28. The summed E-state index contributed by atoms with van der Waals surface area (Å²) < 4.78 is 27.3. The molecule has 2 heterocycles. The Morgan fingerprint density at radius 2 is 2.15 bits per heavy atom. The van der Waals surface area contributed by atoms with Crippen LogP contribution >= 0.6 is 11.3 Å². The summed E-state index contributed by atoms with van der Waals surface area (Å²) in [5, 5.41) is 2.85. The lowest BCUT2D eigenvalue weighted by Gasteiger charge is -2.30. The number of benzene rings is 1. The Bertz CT molecular complexity index is 957. The number of carbonyl (C=O) groups excluding carboxylic acids is 1. The van der Waals surface area contributed by atoms with Crippen LogP contribution in [0.1, 0.15) is 23.3 Å². The number of hydrogen-bond donors (Lipinski definition) is 1. The summed E-state index contributed by atoms with van der Waals surface area (Å²) in [5.41, 5.74) is 1.31. The molecular formula is C19H20N2O3S2. The normalized spacial score (nSPS) is 18.2. The van der Waals surface area contributed by atoms with Crippen molar-refractivity contribution in [1.82, 2.24) is 4.31 Å². The van der Waals surface area contributed by atoms with Crippen molar-refractivity contribution in [3.63, 3.8) is 0 Å². The monoisotopic (exact) mass is 388 g/mol. The molecule has 1 amide bonds. The van der Waals surface area contributed by atoms with Crippen molar-refractivity contribution < 1.29 is 13.2 Å². The molecular weight excluding hydrogens is 368 g/mol. The summed E-state index contributed by atoms with van der Waals surface area (Å²) in [7, 11) is -3.55. The number of thiophene rings is 1. The highest BCUT2D eigenvalue weighted by Gasteiger charge is 2.34. The zero-order chi connectivity index (χ0) is 18.7. The Hall–Kier alpha value is -2.14.